The number of hydrogen-bond acceptors (Lipinski definition) is 3. The van der Waals surface area contributed by atoms with Gasteiger partial charge in [-0.05, 0) is 31.0 Å². The minimum absolute atomic E-state index is 0.0318. The van der Waals surface area contributed by atoms with Gasteiger partial charge in [0, 0.05) is 25.1 Å². The van der Waals surface area contributed by atoms with Crippen LogP contribution in [0.15, 0.2) is 42.5 Å². The lowest BCUT2D eigenvalue weighted by molar-refractivity contribution is 0.0955. The first kappa shape index (κ1) is 15.6. The lowest BCUT2D eigenvalue weighted by Crippen LogP contribution is -2.24. The zero-order valence-electron chi connectivity index (χ0n) is 14.1. The maximum absolute atomic E-state index is 12.2. The molecule has 1 aliphatic heterocycles. The van der Waals surface area contributed by atoms with E-state index >= 15 is 0 Å². The summed E-state index contributed by atoms with van der Waals surface area (Å²) in [5, 5.41) is 2.94. The normalized spacial score (nSPS) is 13.6. The summed E-state index contributed by atoms with van der Waals surface area (Å²) in [5.74, 6) is 1.04. The van der Waals surface area contributed by atoms with E-state index in [0.717, 1.165) is 41.8 Å². The van der Waals surface area contributed by atoms with E-state index in [1.807, 2.05) is 42.5 Å². The van der Waals surface area contributed by atoms with E-state index in [1.165, 1.54) is 5.56 Å². The summed E-state index contributed by atoms with van der Waals surface area (Å²) in [7, 11) is 0. The summed E-state index contributed by atoms with van der Waals surface area (Å²) in [6.07, 6.45) is 1.64. The van der Waals surface area contributed by atoms with Crippen LogP contribution in [0.2, 0.25) is 0 Å². The van der Waals surface area contributed by atoms with Crippen LogP contribution in [0.3, 0.4) is 0 Å². The van der Waals surface area contributed by atoms with Crippen LogP contribution in [0.25, 0.3) is 11.0 Å². The van der Waals surface area contributed by atoms with Crippen molar-refractivity contribution in [3.05, 3.63) is 65.0 Å². The number of imidazole rings is 1. The van der Waals surface area contributed by atoms with Crippen molar-refractivity contribution in [3.8, 4) is 0 Å². The Labute approximate surface area is 145 Å². The Balaban J connectivity index is 1.63. The first-order valence-electron chi connectivity index (χ1n) is 8.49. The van der Waals surface area contributed by atoms with Gasteiger partial charge < -0.3 is 9.88 Å². The van der Waals surface area contributed by atoms with Crippen molar-refractivity contribution in [2.45, 2.75) is 26.3 Å². The van der Waals surface area contributed by atoms with Crippen LogP contribution in [0, 0.1) is 0 Å². The minimum Gasteiger partial charge on any atom is -0.350 e. The van der Waals surface area contributed by atoms with Crippen molar-refractivity contribution < 1.29 is 9.59 Å². The molecule has 0 bridgehead atoms. The maximum atomic E-state index is 12.2. The number of nitrogens with one attached hydrogen (secondary N) is 1. The molecule has 0 radical (unpaired) electrons. The summed E-state index contributed by atoms with van der Waals surface area (Å²) in [6, 6.07) is 13.4. The first-order valence-corrected chi connectivity index (χ1v) is 8.49. The van der Waals surface area contributed by atoms with Gasteiger partial charge in [-0.2, -0.15) is 0 Å². The molecule has 1 aromatic heterocycles. The van der Waals surface area contributed by atoms with Crippen molar-refractivity contribution in [1.82, 2.24) is 14.9 Å². The average molecular weight is 333 g/mol. The monoisotopic (exact) mass is 333 g/mol. The Morgan fingerprint density at radius 1 is 1.16 bits per heavy atom. The van der Waals surface area contributed by atoms with Gasteiger partial charge in [0.15, 0.2) is 5.78 Å². The Kier molecular flexibility index (Phi) is 3.84. The topological polar surface area (TPSA) is 64.0 Å². The second-order valence-electron chi connectivity index (χ2n) is 6.36. The van der Waals surface area contributed by atoms with E-state index in [0.29, 0.717) is 12.1 Å². The van der Waals surface area contributed by atoms with E-state index in [-0.39, 0.29) is 11.7 Å². The predicted octanol–water partition coefficient (Wildman–Crippen LogP) is 2.77. The molecule has 3 aromatic rings. The Morgan fingerprint density at radius 2 is 1.96 bits per heavy atom. The largest absolute Gasteiger partial charge is 0.350 e. The summed E-state index contributed by atoms with van der Waals surface area (Å²) in [4.78, 5) is 28.3. The molecule has 1 aliphatic rings. The number of aryl methyl sites for hydroxylation is 2. The summed E-state index contributed by atoms with van der Waals surface area (Å²) in [5.41, 5.74) is 4.40. The van der Waals surface area contributed by atoms with E-state index < -0.39 is 0 Å². The fraction of sp³-hybridized carbons (Fsp3) is 0.250. The highest BCUT2D eigenvalue weighted by Crippen LogP contribution is 2.23. The minimum atomic E-state index is -0.0318. The summed E-state index contributed by atoms with van der Waals surface area (Å²) >= 11 is 0. The van der Waals surface area contributed by atoms with Crippen molar-refractivity contribution in [2.24, 2.45) is 0 Å². The standard InChI is InChI=1S/C20H19N3O2/c1-13(24)15-8-5-14(6-9-15)7-10-18-22-17-4-2-3-16-19(17)23(18)12-11-21-20(16)25/h2-6,8-9H,7,10-12H2,1H3,(H,21,25). The average Bonchev–Trinajstić information content (AvgIpc) is 2.88. The van der Waals surface area contributed by atoms with Crippen LogP contribution in [0.1, 0.15) is 39.0 Å². The van der Waals surface area contributed by atoms with Gasteiger partial charge in [-0.15, -0.1) is 0 Å². The van der Waals surface area contributed by atoms with Crippen LogP contribution < -0.4 is 5.32 Å². The van der Waals surface area contributed by atoms with Gasteiger partial charge in [-0.25, -0.2) is 4.98 Å². The highest BCUT2D eigenvalue weighted by atomic mass is 16.1. The predicted molar refractivity (Wildman–Crippen MR) is 95.9 cm³/mol. The van der Waals surface area contributed by atoms with Gasteiger partial charge in [-0.3, -0.25) is 9.59 Å². The van der Waals surface area contributed by atoms with Crippen LogP contribution in [-0.2, 0) is 19.4 Å². The molecule has 0 fully saturated rings. The fourth-order valence-electron chi connectivity index (χ4n) is 3.39. The molecule has 0 saturated heterocycles. The van der Waals surface area contributed by atoms with Crippen molar-refractivity contribution in [1.29, 1.82) is 0 Å². The molecule has 0 aliphatic carbocycles. The molecular weight excluding hydrogens is 314 g/mol. The maximum Gasteiger partial charge on any atom is 0.253 e. The molecule has 2 aromatic carbocycles. The zero-order valence-corrected chi connectivity index (χ0v) is 14.1. The zero-order chi connectivity index (χ0) is 17.4. The van der Waals surface area contributed by atoms with Crippen LogP contribution >= 0.6 is 0 Å². The number of aromatic nitrogens is 2. The molecule has 126 valence electrons. The highest BCUT2D eigenvalue weighted by Gasteiger charge is 2.20. The van der Waals surface area contributed by atoms with E-state index in [2.05, 4.69) is 9.88 Å². The summed E-state index contributed by atoms with van der Waals surface area (Å²) in [6.45, 7) is 2.92. The quantitative estimate of drug-likeness (QED) is 0.747. The van der Waals surface area contributed by atoms with E-state index in [4.69, 9.17) is 4.98 Å². The second-order valence-corrected chi connectivity index (χ2v) is 6.36. The highest BCUT2D eigenvalue weighted by molar-refractivity contribution is 6.05. The third-order valence-electron chi connectivity index (χ3n) is 4.71. The molecule has 0 atom stereocenters. The number of rotatable bonds is 4. The number of ketones is 1. The Bertz CT molecular complexity index is 971. The van der Waals surface area contributed by atoms with Gasteiger partial charge in [0.2, 0.25) is 0 Å². The van der Waals surface area contributed by atoms with E-state index in [1.54, 1.807) is 6.92 Å². The van der Waals surface area contributed by atoms with Crippen molar-refractivity contribution in [2.75, 3.05) is 6.54 Å². The molecule has 2 heterocycles. The van der Waals surface area contributed by atoms with Crippen LogP contribution in [0.4, 0.5) is 0 Å². The molecular formula is C20H19N3O2. The SMILES string of the molecule is CC(=O)c1ccc(CCc2nc3cccc4c3n2CCNC4=O)cc1. The number of hydrogen-bond donors (Lipinski definition) is 1. The van der Waals surface area contributed by atoms with Gasteiger partial charge in [0.05, 0.1) is 16.6 Å². The molecule has 1 amide bonds. The van der Waals surface area contributed by atoms with Crippen LogP contribution in [-0.4, -0.2) is 27.8 Å². The molecule has 5 heteroatoms. The number of Topliss-reactive ketones (excluding diaryl/α,β-unsaturated/α-hetero) is 1. The number of para-hydroxylation sites is 1. The van der Waals surface area contributed by atoms with Gasteiger partial charge >= 0.3 is 0 Å². The van der Waals surface area contributed by atoms with Crippen LogP contribution in [0.5, 0.6) is 0 Å². The van der Waals surface area contributed by atoms with E-state index in [9.17, 15) is 9.59 Å². The molecule has 1 N–H and O–H groups in total. The number of amides is 1. The second kappa shape index (κ2) is 6.16. The third-order valence-corrected chi connectivity index (χ3v) is 4.71. The molecule has 5 nitrogen and oxygen atoms in total. The first-order chi connectivity index (χ1) is 12.1. The molecule has 25 heavy (non-hydrogen) atoms. The number of benzene rings is 2. The molecule has 0 spiro atoms. The van der Waals surface area contributed by atoms with Crippen molar-refractivity contribution >= 4 is 22.7 Å². The lowest BCUT2D eigenvalue weighted by atomic mass is 10.1. The van der Waals surface area contributed by atoms with Gasteiger partial charge in [0.1, 0.15) is 5.82 Å². The molecule has 0 unspecified atom stereocenters. The number of nitrogens with zero attached hydrogens (tertiary/aromatic N) is 2. The smallest absolute Gasteiger partial charge is 0.253 e. The molecule has 4 rings (SSSR count). The Morgan fingerprint density at radius 3 is 2.72 bits per heavy atom. The Hall–Kier alpha value is -2.95. The number of carbonyl (C=O) groups is 2. The van der Waals surface area contributed by atoms with Gasteiger partial charge in [0.25, 0.3) is 5.91 Å². The van der Waals surface area contributed by atoms with Gasteiger partial charge in [-0.1, -0.05) is 30.3 Å². The molecule has 0 saturated carbocycles. The number of carbonyl (C=O) groups excluding carboxylic acids is 2. The van der Waals surface area contributed by atoms with Crippen molar-refractivity contribution in [3.63, 3.8) is 0 Å². The third kappa shape index (κ3) is 2.82. The lowest BCUT2D eigenvalue weighted by Gasteiger charge is -2.07. The fourth-order valence-corrected chi connectivity index (χ4v) is 3.39. The summed E-state index contributed by atoms with van der Waals surface area (Å²) < 4.78 is 2.16.